The highest BCUT2D eigenvalue weighted by atomic mass is 16.5. The third-order valence-corrected chi connectivity index (χ3v) is 7.55. The van der Waals surface area contributed by atoms with E-state index in [1.54, 1.807) is 0 Å². The van der Waals surface area contributed by atoms with Crippen molar-refractivity contribution in [2.24, 2.45) is 5.92 Å². The van der Waals surface area contributed by atoms with Crippen LogP contribution in [-0.4, -0.2) is 17.3 Å². The fraction of sp³-hybridized carbons (Fsp3) is 0.412. The molecule has 0 spiro atoms. The first kappa shape index (κ1) is 27.0. The lowest BCUT2D eigenvalue weighted by Crippen LogP contribution is -2.17. The largest absolute Gasteiger partial charge is 0.491 e. The van der Waals surface area contributed by atoms with Crippen LogP contribution in [0.2, 0.25) is 0 Å². The van der Waals surface area contributed by atoms with Gasteiger partial charge in [0, 0.05) is 6.07 Å². The van der Waals surface area contributed by atoms with Crippen LogP contribution in [0.5, 0.6) is 11.5 Å². The van der Waals surface area contributed by atoms with Crippen LogP contribution < -0.4 is 9.47 Å². The molecule has 196 valence electrons. The molecule has 0 amide bonds. The minimum Gasteiger partial charge on any atom is -0.491 e. The van der Waals surface area contributed by atoms with E-state index >= 15 is 0 Å². The summed E-state index contributed by atoms with van der Waals surface area (Å²) in [6.45, 7) is 6.66. The molecule has 3 heteroatoms. The Morgan fingerprint density at radius 2 is 1.70 bits per heavy atom. The molecule has 1 unspecified atom stereocenters. The average Bonchev–Trinajstić information content (AvgIpc) is 3.10. The van der Waals surface area contributed by atoms with Crippen LogP contribution in [-0.2, 0) is 13.0 Å². The van der Waals surface area contributed by atoms with Gasteiger partial charge in [0.25, 0.3) is 0 Å². The van der Waals surface area contributed by atoms with Gasteiger partial charge in [0.15, 0.2) is 0 Å². The first-order valence-electron chi connectivity index (χ1n) is 13.9. The van der Waals surface area contributed by atoms with Gasteiger partial charge in [-0.3, -0.25) is 0 Å². The Kier molecular flexibility index (Phi) is 10.3. The summed E-state index contributed by atoms with van der Waals surface area (Å²) in [6, 6.07) is 27.2. The van der Waals surface area contributed by atoms with Crippen LogP contribution in [0, 0.1) is 5.92 Å². The van der Waals surface area contributed by atoms with Crippen LogP contribution in [0.15, 0.2) is 91.5 Å². The summed E-state index contributed by atoms with van der Waals surface area (Å²) in [5, 5.41) is 10.7. The first-order chi connectivity index (χ1) is 18.1. The summed E-state index contributed by atoms with van der Waals surface area (Å²) in [6.07, 6.45) is 9.74. The van der Waals surface area contributed by atoms with Crippen LogP contribution in [0.1, 0.15) is 74.5 Å². The van der Waals surface area contributed by atoms with Gasteiger partial charge in [0.2, 0.25) is 0 Å². The van der Waals surface area contributed by atoms with E-state index in [-0.39, 0.29) is 18.1 Å². The maximum absolute atomic E-state index is 10.7. The molecule has 0 radical (unpaired) electrons. The highest BCUT2D eigenvalue weighted by Crippen LogP contribution is 2.43. The van der Waals surface area contributed by atoms with E-state index in [1.165, 1.54) is 11.1 Å². The summed E-state index contributed by atoms with van der Waals surface area (Å²) in [7, 11) is 0. The van der Waals surface area contributed by atoms with Crippen molar-refractivity contribution in [1.29, 1.82) is 0 Å². The number of hydrogen-bond acceptors (Lipinski definition) is 3. The first-order valence-corrected chi connectivity index (χ1v) is 13.9. The molecule has 0 heterocycles. The van der Waals surface area contributed by atoms with Gasteiger partial charge < -0.3 is 14.6 Å². The molecule has 0 bridgehead atoms. The van der Waals surface area contributed by atoms with Gasteiger partial charge in [0.1, 0.15) is 18.1 Å². The lowest BCUT2D eigenvalue weighted by atomic mass is 9.80. The van der Waals surface area contributed by atoms with E-state index in [0.29, 0.717) is 12.5 Å². The topological polar surface area (TPSA) is 38.7 Å². The molecular formula is C34H42O3. The minimum atomic E-state index is -0.276. The Morgan fingerprint density at radius 1 is 0.973 bits per heavy atom. The van der Waals surface area contributed by atoms with E-state index in [2.05, 4.69) is 74.2 Å². The number of ether oxygens (including phenoxy) is 2. The average molecular weight is 499 g/mol. The van der Waals surface area contributed by atoms with Crippen LogP contribution in [0.3, 0.4) is 0 Å². The van der Waals surface area contributed by atoms with Crippen molar-refractivity contribution in [1.82, 2.24) is 0 Å². The highest BCUT2D eigenvalue weighted by Gasteiger charge is 2.30. The normalized spacial score (nSPS) is 20.5. The van der Waals surface area contributed by atoms with Crippen molar-refractivity contribution >= 4 is 0 Å². The second-order valence-corrected chi connectivity index (χ2v) is 10.5. The molecular weight excluding hydrogens is 456 g/mol. The quantitative estimate of drug-likeness (QED) is 0.202. The maximum atomic E-state index is 10.7. The zero-order valence-electron chi connectivity index (χ0n) is 22.2. The summed E-state index contributed by atoms with van der Waals surface area (Å²) in [5.41, 5.74) is 3.68. The van der Waals surface area contributed by atoms with Gasteiger partial charge in [-0.2, -0.15) is 0 Å². The minimum absolute atomic E-state index is 0.116. The Hall–Kier alpha value is -3.04. The maximum Gasteiger partial charge on any atom is 0.126 e. The summed E-state index contributed by atoms with van der Waals surface area (Å²) in [5.74, 6) is 2.40. The van der Waals surface area contributed by atoms with Gasteiger partial charge in [-0.15, -0.1) is 6.58 Å². The van der Waals surface area contributed by atoms with E-state index in [9.17, 15) is 5.11 Å². The summed E-state index contributed by atoms with van der Waals surface area (Å²) >= 11 is 0. The van der Waals surface area contributed by atoms with Gasteiger partial charge in [-0.1, -0.05) is 79.2 Å². The van der Waals surface area contributed by atoms with Crippen molar-refractivity contribution in [3.63, 3.8) is 0 Å². The molecule has 4 rings (SSSR count). The van der Waals surface area contributed by atoms with Gasteiger partial charge in [-0.25, -0.2) is 0 Å². The second-order valence-electron chi connectivity index (χ2n) is 10.5. The zero-order chi connectivity index (χ0) is 25.9. The molecule has 1 N–H and O–H groups in total. The van der Waals surface area contributed by atoms with Gasteiger partial charge in [0.05, 0.1) is 12.2 Å². The number of benzene rings is 3. The molecule has 3 aromatic carbocycles. The molecule has 1 aliphatic carbocycles. The smallest absolute Gasteiger partial charge is 0.126 e. The fourth-order valence-electron chi connectivity index (χ4n) is 5.58. The van der Waals surface area contributed by atoms with E-state index in [0.717, 1.165) is 68.4 Å². The van der Waals surface area contributed by atoms with Gasteiger partial charge in [-0.05, 0) is 86.5 Å². The second kappa shape index (κ2) is 14.0. The number of aliphatic hydroxyl groups excluding tert-OH is 1. The van der Waals surface area contributed by atoms with Crippen molar-refractivity contribution in [3.05, 3.63) is 108 Å². The standard InChI is InChI=1S/C34H42O3/c1-3-12-29-19-11-20-30(35)23-33(29)32-22-21-31(24-34(32)36-25-28-16-8-5-9-17-28)37-26(2)13-10-18-27-14-6-4-7-15-27/h3-9,14-17,21-22,24,26,29-30,33,35H,1,10-13,18-20,23,25H2,2H3/t26?,29-,30-,33-/m1/s1. The Labute approximate surface area is 223 Å². The SMILES string of the molecule is C=CC[C@@H]1CCC[C@@H](O)C[C@H]1c1ccc(OC(C)CCCc2ccccc2)cc1OCc1ccccc1. The van der Waals surface area contributed by atoms with Crippen molar-refractivity contribution in [3.8, 4) is 11.5 Å². The Balaban J connectivity index is 1.50. The third-order valence-electron chi connectivity index (χ3n) is 7.55. The summed E-state index contributed by atoms with van der Waals surface area (Å²) < 4.78 is 12.8. The predicted octanol–water partition coefficient (Wildman–Crippen LogP) is 8.27. The van der Waals surface area contributed by atoms with Crippen LogP contribution >= 0.6 is 0 Å². The van der Waals surface area contributed by atoms with Gasteiger partial charge >= 0.3 is 0 Å². The molecule has 0 aromatic heterocycles. The number of aryl methyl sites for hydroxylation is 1. The highest BCUT2D eigenvalue weighted by molar-refractivity contribution is 5.43. The number of allylic oxidation sites excluding steroid dienone is 1. The molecule has 1 aliphatic rings. The monoisotopic (exact) mass is 498 g/mol. The summed E-state index contributed by atoms with van der Waals surface area (Å²) in [4.78, 5) is 0. The van der Waals surface area contributed by atoms with Crippen LogP contribution in [0.4, 0.5) is 0 Å². The molecule has 3 nitrogen and oxygen atoms in total. The molecule has 1 fully saturated rings. The number of rotatable bonds is 12. The molecule has 0 aliphatic heterocycles. The fourth-order valence-corrected chi connectivity index (χ4v) is 5.58. The lowest BCUT2D eigenvalue weighted by molar-refractivity contribution is 0.147. The number of hydrogen-bond donors (Lipinski definition) is 1. The molecule has 1 saturated carbocycles. The Morgan fingerprint density at radius 3 is 2.43 bits per heavy atom. The van der Waals surface area contributed by atoms with Crippen molar-refractivity contribution in [2.75, 3.05) is 0 Å². The Bertz CT molecular complexity index is 1080. The predicted molar refractivity (Wildman–Crippen MR) is 152 cm³/mol. The number of aliphatic hydroxyl groups is 1. The van der Waals surface area contributed by atoms with E-state index < -0.39 is 0 Å². The molecule has 4 atom stereocenters. The van der Waals surface area contributed by atoms with E-state index in [4.69, 9.17) is 9.47 Å². The zero-order valence-corrected chi connectivity index (χ0v) is 22.2. The van der Waals surface area contributed by atoms with Crippen LogP contribution in [0.25, 0.3) is 0 Å². The van der Waals surface area contributed by atoms with E-state index in [1.807, 2.05) is 24.3 Å². The van der Waals surface area contributed by atoms with Crippen molar-refractivity contribution in [2.45, 2.75) is 83.0 Å². The molecule has 3 aromatic rings. The molecule has 37 heavy (non-hydrogen) atoms. The van der Waals surface area contributed by atoms with Crippen molar-refractivity contribution < 1.29 is 14.6 Å². The third kappa shape index (κ3) is 8.23. The lowest BCUT2D eigenvalue weighted by Gasteiger charge is -2.28. The molecule has 0 saturated heterocycles.